The first-order valence-electron chi connectivity index (χ1n) is 7.25. The van der Waals surface area contributed by atoms with Gasteiger partial charge in [0.1, 0.15) is 0 Å². The first kappa shape index (κ1) is 12.9. The third kappa shape index (κ3) is 2.75. The molecule has 0 spiro atoms. The third-order valence-corrected chi connectivity index (χ3v) is 5.17. The molecule has 0 saturated heterocycles. The summed E-state index contributed by atoms with van der Waals surface area (Å²) in [6, 6.07) is 11.4. The fourth-order valence-electron chi connectivity index (χ4n) is 3.13. The molecule has 1 fully saturated rings. The molecule has 0 amide bonds. The van der Waals surface area contributed by atoms with E-state index in [1.165, 1.54) is 53.7 Å². The van der Waals surface area contributed by atoms with E-state index in [4.69, 9.17) is 5.73 Å². The Morgan fingerprint density at radius 1 is 1.00 bits per heavy atom. The van der Waals surface area contributed by atoms with Gasteiger partial charge in [-0.2, -0.15) is 0 Å². The summed E-state index contributed by atoms with van der Waals surface area (Å²) in [5, 5.41) is 2.13. The van der Waals surface area contributed by atoms with E-state index in [-0.39, 0.29) is 0 Å². The fraction of sp³-hybridized carbons (Fsp3) is 0.412. The van der Waals surface area contributed by atoms with E-state index in [2.05, 4.69) is 35.7 Å². The quantitative estimate of drug-likeness (QED) is 0.842. The number of nitrogens with two attached hydrogens (primary N) is 1. The Hall–Kier alpha value is -1.12. The molecule has 100 valence electrons. The summed E-state index contributed by atoms with van der Waals surface area (Å²) < 4.78 is 0. The van der Waals surface area contributed by atoms with Gasteiger partial charge in [0, 0.05) is 11.4 Å². The van der Waals surface area contributed by atoms with Crippen LogP contribution in [0, 0.1) is 0 Å². The summed E-state index contributed by atoms with van der Waals surface area (Å²) in [5.41, 5.74) is 9.93. The van der Waals surface area contributed by atoms with Gasteiger partial charge in [0.05, 0.1) is 0 Å². The molecule has 1 aliphatic rings. The van der Waals surface area contributed by atoms with E-state index >= 15 is 0 Å². The van der Waals surface area contributed by atoms with Crippen molar-refractivity contribution in [2.24, 2.45) is 5.73 Å². The zero-order valence-electron chi connectivity index (χ0n) is 11.3. The van der Waals surface area contributed by atoms with Gasteiger partial charge in [0.2, 0.25) is 0 Å². The van der Waals surface area contributed by atoms with Crippen molar-refractivity contribution in [1.82, 2.24) is 0 Å². The standard InChI is InChI=1S/C17H21NS/c18-12-17-16(10-11-19-17)15-8-6-14(7-9-15)13-4-2-1-3-5-13/h6-11,13H,1-5,12,18H2. The Balaban J connectivity index is 1.82. The molecule has 1 nitrogen and oxygen atoms in total. The number of hydrogen-bond acceptors (Lipinski definition) is 2. The number of benzene rings is 1. The third-order valence-electron chi connectivity index (χ3n) is 4.23. The van der Waals surface area contributed by atoms with Gasteiger partial charge in [-0.15, -0.1) is 11.3 Å². The molecule has 1 aromatic heterocycles. The van der Waals surface area contributed by atoms with E-state index in [0.717, 1.165) is 5.92 Å². The van der Waals surface area contributed by atoms with Crippen molar-refractivity contribution in [2.75, 3.05) is 0 Å². The van der Waals surface area contributed by atoms with Crippen molar-refractivity contribution in [3.63, 3.8) is 0 Å². The van der Waals surface area contributed by atoms with Crippen molar-refractivity contribution >= 4 is 11.3 Å². The van der Waals surface area contributed by atoms with Gasteiger partial charge in [-0.3, -0.25) is 0 Å². The topological polar surface area (TPSA) is 26.0 Å². The second-order valence-electron chi connectivity index (χ2n) is 5.42. The average Bonchev–Trinajstić information content (AvgIpc) is 2.97. The van der Waals surface area contributed by atoms with Crippen molar-refractivity contribution in [3.8, 4) is 11.1 Å². The minimum absolute atomic E-state index is 0.636. The predicted octanol–water partition coefficient (Wildman–Crippen LogP) is 4.92. The second-order valence-corrected chi connectivity index (χ2v) is 6.42. The highest BCUT2D eigenvalue weighted by Crippen LogP contribution is 2.34. The molecule has 0 bridgehead atoms. The van der Waals surface area contributed by atoms with Gasteiger partial charge in [0.25, 0.3) is 0 Å². The average molecular weight is 271 g/mol. The molecular formula is C17H21NS. The fourth-order valence-corrected chi connectivity index (χ4v) is 3.90. The minimum Gasteiger partial charge on any atom is -0.326 e. The maximum absolute atomic E-state index is 5.79. The summed E-state index contributed by atoms with van der Waals surface area (Å²) in [7, 11) is 0. The zero-order valence-corrected chi connectivity index (χ0v) is 12.1. The first-order chi connectivity index (χ1) is 9.38. The van der Waals surface area contributed by atoms with E-state index in [0.29, 0.717) is 6.54 Å². The molecule has 1 aromatic carbocycles. The molecule has 1 heterocycles. The number of rotatable bonds is 3. The lowest BCUT2D eigenvalue weighted by Gasteiger charge is -2.22. The van der Waals surface area contributed by atoms with Crippen molar-refractivity contribution in [2.45, 2.75) is 44.6 Å². The lowest BCUT2D eigenvalue weighted by Crippen LogP contribution is -2.04. The molecular weight excluding hydrogens is 250 g/mol. The highest BCUT2D eigenvalue weighted by Gasteiger charge is 2.15. The van der Waals surface area contributed by atoms with Crippen LogP contribution in [0.3, 0.4) is 0 Å². The van der Waals surface area contributed by atoms with Crippen LogP contribution in [0.15, 0.2) is 35.7 Å². The van der Waals surface area contributed by atoms with Crippen LogP contribution in [0.2, 0.25) is 0 Å². The SMILES string of the molecule is NCc1sccc1-c1ccc(C2CCCCC2)cc1. The highest BCUT2D eigenvalue weighted by molar-refractivity contribution is 7.10. The summed E-state index contributed by atoms with van der Waals surface area (Å²) in [4.78, 5) is 1.28. The van der Waals surface area contributed by atoms with Gasteiger partial charge in [0.15, 0.2) is 0 Å². The molecule has 1 saturated carbocycles. The van der Waals surface area contributed by atoms with Crippen LogP contribution in [-0.4, -0.2) is 0 Å². The lowest BCUT2D eigenvalue weighted by atomic mass is 9.84. The van der Waals surface area contributed by atoms with Crippen LogP contribution in [-0.2, 0) is 6.54 Å². The predicted molar refractivity (Wildman–Crippen MR) is 83.5 cm³/mol. The first-order valence-corrected chi connectivity index (χ1v) is 8.13. The lowest BCUT2D eigenvalue weighted by molar-refractivity contribution is 0.443. The van der Waals surface area contributed by atoms with Gasteiger partial charge in [-0.05, 0) is 46.9 Å². The maximum atomic E-state index is 5.79. The van der Waals surface area contributed by atoms with Gasteiger partial charge < -0.3 is 5.73 Å². The molecule has 1 aliphatic carbocycles. The number of hydrogen-bond donors (Lipinski definition) is 1. The minimum atomic E-state index is 0.636. The van der Waals surface area contributed by atoms with E-state index in [9.17, 15) is 0 Å². The number of thiophene rings is 1. The van der Waals surface area contributed by atoms with Crippen LogP contribution < -0.4 is 5.73 Å². The van der Waals surface area contributed by atoms with Gasteiger partial charge in [-0.25, -0.2) is 0 Å². The molecule has 3 rings (SSSR count). The largest absolute Gasteiger partial charge is 0.326 e. The Morgan fingerprint density at radius 3 is 2.42 bits per heavy atom. The molecule has 0 aliphatic heterocycles. The molecule has 0 atom stereocenters. The summed E-state index contributed by atoms with van der Waals surface area (Å²) >= 11 is 1.75. The van der Waals surface area contributed by atoms with Crippen molar-refractivity contribution in [1.29, 1.82) is 0 Å². The Kier molecular flexibility index (Phi) is 4.00. The molecule has 2 heteroatoms. The maximum Gasteiger partial charge on any atom is 0.0280 e. The van der Waals surface area contributed by atoms with Gasteiger partial charge in [-0.1, -0.05) is 43.5 Å². The molecule has 2 aromatic rings. The van der Waals surface area contributed by atoms with Crippen LogP contribution in [0.5, 0.6) is 0 Å². The van der Waals surface area contributed by atoms with Crippen LogP contribution >= 0.6 is 11.3 Å². The van der Waals surface area contributed by atoms with Crippen molar-refractivity contribution in [3.05, 3.63) is 46.2 Å². The summed E-state index contributed by atoms with van der Waals surface area (Å²) in [5.74, 6) is 0.791. The van der Waals surface area contributed by atoms with E-state index in [1.807, 2.05) is 0 Å². The highest BCUT2D eigenvalue weighted by atomic mass is 32.1. The van der Waals surface area contributed by atoms with Crippen LogP contribution in [0.1, 0.15) is 48.5 Å². The Labute approximate surface area is 119 Å². The monoisotopic (exact) mass is 271 g/mol. The van der Waals surface area contributed by atoms with Gasteiger partial charge >= 0.3 is 0 Å². The van der Waals surface area contributed by atoms with Crippen molar-refractivity contribution < 1.29 is 0 Å². The summed E-state index contributed by atoms with van der Waals surface area (Å²) in [6.07, 6.45) is 6.95. The van der Waals surface area contributed by atoms with E-state index < -0.39 is 0 Å². The Bertz CT molecular complexity index is 520. The Morgan fingerprint density at radius 2 is 1.74 bits per heavy atom. The second kappa shape index (κ2) is 5.89. The van der Waals surface area contributed by atoms with Crippen LogP contribution in [0.4, 0.5) is 0 Å². The molecule has 0 unspecified atom stereocenters. The van der Waals surface area contributed by atoms with E-state index in [1.54, 1.807) is 11.3 Å². The molecule has 19 heavy (non-hydrogen) atoms. The molecule has 0 radical (unpaired) electrons. The smallest absolute Gasteiger partial charge is 0.0280 e. The zero-order chi connectivity index (χ0) is 13.1. The normalized spacial score (nSPS) is 16.7. The molecule has 2 N–H and O–H groups in total. The summed E-state index contributed by atoms with van der Waals surface area (Å²) in [6.45, 7) is 0.636. The van der Waals surface area contributed by atoms with Crippen LogP contribution in [0.25, 0.3) is 11.1 Å².